The highest BCUT2D eigenvalue weighted by atomic mass is 16.5. The van der Waals surface area contributed by atoms with Gasteiger partial charge < -0.3 is 9.47 Å². The SMILES string of the molecule is CCC(CC)(OC)[C@@H]1CCCN1/N=C1\C[C@@H](C)OC1=O. The van der Waals surface area contributed by atoms with E-state index in [-0.39, 0.29) is 23.7 Å². The summed E-state index contributed by atoms with van der Waals surface area (Å²) in [5, 5.41) is 6.65. The predicted octanol–water partition coefficient (Wildman–Crippen LogP) is 2.35. The van der Waals surface area contributed by atoms with Crippen molar-refractivity contribution < 1.29 is 14.3 Å². The molecule has 0 aromatic carbocycles. The van der Waals surface area contributed by atoms with Gasteiger partial charge in [-0.3, -0.25) is 5.01 Å². The quantitative estimate of drug-likeness (QED) is 0.726. The summed E-state index contributed by atoms with van der Waals surface area (Å²) in [6, 6.07) is 0.249. The summed E-state index contributed by atoms with van der Waals surface area (Å²) in [5.74, 6) is -0.265. The summed E-state index contributed by atoms with van der Waals surface area (Å²) < 4.78 is 11.0. The van der Waals surface area contributed by atoms with Gasteiger partial charge in [0, 0.05) is 20.1 Å². The first-order valence-corrected chi connectivity index (χ1v) is 7.66. The van der Waals surface area contributed by atoms with E-state index in [0.717, 1.165) is 32.2 Å². The minimum absolute atomic E-state index is 0.0492. The average Bonchev–Trinajstić information content (AvgIpc) is 3.01. The molecule has 2 atom stereocenters. The van der Waals surface area contributed by atoms with Crippen LogP contribution in [0.15, 0.2) is 5.10 Å². The maximum atomic E-state index is 11.7. The first kappa shape index (κ1) is 15.3. The van der Waals surface area contributed by atoms with E-state index in [0.29, 0.717) is 12.1 Å². The third kappa shape index (κ3) is 2.68. The van der Waals surface area contributed by atoms with Gasteiger partial charge in [0.05, 0.1) is 11.6 Å². The Morgan fingerprint density at radius 3 is 2.65 bits per heavy atom. The first-order chi connectivity index (χ1) is 9.56. The topological polar surface area (TPSA) is 51.1 Å². The van der Waals surface area contributed by atoms with Crippen molar-refractivity contribution in [1.82, 2.24) is 5.01 Å². The second-order valence-corrected chi connectivity index (χ2v) is 5.76. The Bertz CT molecular complexity index is 382. The standard InChI is InChI=1S/C15H26N2O3/c1-5-15(6-2,19-4)13-8-7-9-17(13)16-12-10-11(3)20-14(12)18/h11,13H,5-10H2,1-4H3/b16-12+/t11-,13+/m1/s1. The molecule has 0 aliphatic carbocycles. The normalized spacial score (nSPS) is 29.3. The van der Waals surface area contributed by atoms with Crippen LogP contribution in [0.3, 0.4) is 0 Å². The van der Waals surface area contributed by atoms with E-state index in [2.05, 4.69) is 24.0 Å². The lowest BCUT2D eigenvalue weighted by Gasteiger charge is -2.40. The zero-order valence-electron chi connectivity index (χ0n) is 13.0. The van der Waals surface area contributed by atoms with Gasteiger partial charge in [0.15, 0.2) is 0 Å². The van der Waals surface area contributed by atoms with Gasteiger partial charge in [0.1, 0.15) is 11.8 Å². The van der Waals surface area contributed by atoms with Crippen LogP contribution >= 0.6 is 0 Å². The van der Waals surface area contributed by atoms with Crippen LogP contribution in [-0.4, -0.2) is 48.1 Å². The third-order valence-electron chi connectivity index (χ3n) is 4.71. The van der Waals surface area contributed by atoms with Gasteiger partial charge in [-0.25, -0.2) is 4.79 Å². The molecule has 2 heterocycles. The van der Waals surface area contributed by atoms with Crippen LogP contribution in [0.5, 0.6) is 0 Å². The van der Waals surface area contributed by atoms with E-state index in [1.165, 1.54) is 0 Å². The zero-order valence-corrected chi connectivity index (χ0v) is 13.0. The molecule has 2 rings (SSSR count). The largest absolute Gasteiger partial charge is 0.458 e. The monoisotopic (exact) mass is 282 g/mol. The number of rotatable bonds is 5. The number of carbonyl (C=O) groups is 1. The fraction of sp³-hybridized carbons (Fsp3) is 0.867. The molecule has 0 spiro atoms. The van der Waals surface area contributed by atoms with Gasteiger partial charge >= 0.3 is 5.97 Å². The molecule has 114 valence electrons. The van der Waals surface area contributed by atoms with Crippen LogP contribution in [0.2, 0.25) is 0 Å². The summed E-state index contributed by atoms with van der Waals surface area (Å²) in [4.78, 5) is 11.7. The summed E-state index contributed by atoms with van der Waals surface area (Å²) >= 11 is 0. The fourth-order valence-electron chi connectivity index (χ4n) is 3.44. The minimum atomic E-state index is -0.265. The molecule has 0 saturated carbocycles. The molecule has 20 heavy (non-hydrogen) atoms. The van der Waals surface area contributed by atoms with E-state index in [4.69, 9.17) is 9.47 Å². The molecule has 0 amide bonds. The van der Waals surface area contributed by atoms with Crippen LogP contribution in [0.1, 0.15) is 52.9 Å². The number of carbonyl (C=O) groups excluding carboxylic acids is 1. The van der Waals surface area contributed by atoms with Crippen LogP contribution in [-0.2, 0) is 14.3 Å². The summed E-state index contributed by atoms with van der Waals surface area (Å²) in [5.41, 5.74) is 0.385. The van der Waals surface area contributed by atoms with Crippen LogP contribution < -0.4 is 0 Å². The Morgan fingerprint density at radius 1 is 1.45 bits per heavy atom. The van der Waals surface area contributed by atoms with Crippen molar-refractivity contribution in [1.29, 1.82) is 0 Å². The lowest BCUT2D eigenvalue weighted by Crippen LogP contribution is -2.49. The van der Waals surface area contributed by atoms with Crippen LogP contribution in [0.25, 0.3) is 0 Å². The molecule has 0 bridgehead atoms. The summed E-state index contributed by atoms with van der Waals surface area (Å²) in [6.07, 6.45) is 4.63. The smallest absolute Gasteiger partial charge is 0.354 e. The van der Waals surface area contributed by atoms with Crippen molar-refractivity contribution in [2.45, 2.75) is 70.6 Å². The number of nitrogens with zero attached hydrogens (tertiary/aromatic N) is 2. The minimum Gasteiger partial charge on any atom is -0.458 e. The Kier molecular flexibility index (Phi) is 4.68. The van der Waals surface area contributed by atoms with E-state index in [1.54, 1.807) is 7.11 Å². The van der Waals surface area contributed by atoms with E-state index >= 15 is 0 Å². The Balaban J connectivity index is 2.19. The number of methoxy groups -OCH3 is 1. The van der Waals surface area contributed by atoms with Crippen LogP contribution in [0, 0.1) is 0 Å². The van der Waals surface area contributed by atoms with Gasteiger partial charge in [-0.05, 0) is 32.6 Å². The molecule has 2 aliphatic heterocycles. The molecular weight excluding hydrogens is 256 g/mol. The Morgan fingerprint density at radius 2 is 2.15 bits per heavy atom. The molecular formula is C15H26N2O3. The molecule has 0 unspecified atom stereocenters. The first-order valence-electron chi connectivity index (χ1n) is 7.66. The fourth-order valence-corrected chi connectivity index (χ4v) is 3.44. The van der Waals surface area contributed by atoms with Crippen molar-refractivity contribution in [2.24, 2.45) is 5.10 Å². The molecule has 2 fully saturated rings. The Hall–Kier alpha value is -1.10. The maximum absolute atomic E-state index is 11.7. The molecule has 0 aromatic heterocycles. The van der Waals surface area contributed by atoms with Crippen molar-refractivity contribution >= 4 is 11.7 Å². The van der Waals surface area contributed by atoms with Crippen molar-refractivity contribution in [3.8, 4) is 0 Å². The molecule has 2 aliphatic rings. The van der Waals surface area contributed by atoms with Crippen molar-refractivity contribution in [2.75, 3.05) is 13.7 Å². The van der Waals surface area contributed by atoms with Gasteiger partial charge in [0.2, 0.25) is 0 Å². The molecule has 0 radical (unpaired) electrons. The molecule has 0 aromatic rings. The average molecular weight is 282 g/mol. The lowest BCUT2D eigenvalue weighted by atomic mass is 9.87. The van der Waals surface area contributed by atoms with E-state index in [9.17, 15) is 4.79 Å². The number of ether oxygens (including phenoxy) is 2. The van der Waals surface area contributed by atoms with E-state index < -0.39 is 0 Å². The van der Waals surface area contributed by atoms with Crippen LogP contribution in [0.4, 0.5) is 0 Å². The molecule has 5 heteroatoms. The van der Waals surface area contributed by atoms with Gasteiger partial charge in [-0.2, -0.15) is 5.10 Å². The number of esters is 1. The number of hydrazone groups is 1. The summed E-state index contributed by atoms with van der Waals surface area (Å²) in [6.45, 7) is 7.10. The highest BCUT2D eigenvalue weighted by molar-refractivity contribution is 6.38. The maximum Gasteiger partial charge on any atom is 0.354 e. The lowest BCUT2D eigenvalue weighted by molar-refractivity contribution is -0.136. The van der Waals surface area contributed by atoms with Crippen molar-refractivity contribution in [3.63, 3.8) is 0 Å². The van der Waals surface area contributed by atoms with E-state index in [1.807, 2.05) is 6.92 Å². The zero-order chi connectivity index (χ0) is 14.8. The molecule has 0 N–H and O–H groups in total. The third-order valence-corrected chi connectivity index (χ3v) is 4.71. The second-order valence-electron chi connectivity index (χ2n) is 5.76. The highest BCUT2D eigenvalue weighted by Gasteiger charge is 2.42. The highest BCUT2D eigenvalue weighted by Crippen LogP contribution is 2.35. The van der Waals surface area contributed by atoms with Crippen molar-refractivity contribution in [3.05, 3.63) is 0 Å². The van der Waals surface area contributed by atoms with Gasteiger partial charge in [0.25, 0.3) is 0 Å². The number of hydrogen-bond acceptors (Lipinski definition) is 5. The van der Waals surface area contributed by atoms with Gasteiger partial charge in [-0.15, -0.1) is 0 Å². The molecule has 5 nitrogen and oxygen atoms in total. The second kappa shape index (κ2) is 6.12. The number of cyclic esters (lactones) is 1. The predicted molar refractivity (Wildman–Crippen MR) is 77.7 cm³/mol. The Labute approximate surface area is 121 Å². The van der Waals surface area contributed by atoms with Gasteiger partial charge in [-0.1, -0.05) is 13.8 Å². The number of hydrogen-bond donors (Lipinski definition) is 0. The molecule has 2 saturated heterocycles. The summed E-state index contributed by atoms with van der Waals surface area (Å²) in [7, 11) is 1.78.